The zero-order valence-corrected chi connectivity index (χ0v) is 15.5. The lowest BCUT2D eigenvalue weighted by atomic mass is 9.57. The molecule has 0 saturated heterocycles. The van der Waals surface area contributed by atoms with Crippen LogP contribution in [0.4, 0.5) is 0 Å². The van der Waals surface area contributed by atoms with Crippen molar-refractivity contribution in [3.63, 3.8) is 0 Å². The van der Waals surface area contributed by atoms with E-state index in [9.17, 15) is 14.7 Å². The Balaban J connectivity index is 2.37. The average Bonchev–Trinajstić information content (AvgIpc) is 2.52. The number of aliphatic hydroxyl groups is 1. The normalized spacial score (nSPS) is 33.7. The molecule has 0 aromatic carbocycles. The molecule has 0 unspecified atom stereocenters. The second-order valence-electron chi connectivity index (χ2n) is 7.49. The Labute approximate surface area is 144 Å². The first kappa shape index (κ1) is 18.7. The molecule has 2 aliphatic rings. The van der Waals surface area contributed by atoms with Gasteiger partial charge in [-0.25, -0.2) is 4.79 Å². The van der Waals surface area contributed by atoms with Gasteiger partial charge < -0.3 is 9.84 Å². The van der Waals surface area contributed by atoms with Crippen LogP contribution in [0.2, 0.25) is 0 Å². The molecule has 0 radical (unpaired) electrons. The molecular weight excluding hydrogens is 304 g/mol. The second kappa shape index (κ2) is 6.67. The van der Waals surface area contributed by atoms with Crippen LogP contribution in [0.3, 0.4) is 0 Å². The molecule has 0 aromatic heterocycles. The van der Waals surface area contributed by atoms with Crippen LogP contribution in [-0.4, -0.2) is 29.1 Å². The first-order chi connectivity index (χ1) is 11.1. The Hall–Kier alpha value is -1.68. The number of hydrogen-bond acceptors (Lipinski definition) is 4. The predicted octanol–water partition coefficient (Wildman–Crippen LogP) is 3.51. The van der Waals surface area contributed by atoms with E-state index in [1.54, 1.807) is 26.0 Å². The van der Waals surface area contributed by atoms with Crippen LogP contribution in [0.5, 0.6) is 0 Å². The van der Waals surface area contributed by atoms with Gasteiger partial charge in [-0.1, -0.05) is 25.5 Å². The lowest BCUT2D eigenvalue weighted by molar-refractivity contribution is -0.153. The summed E-state index contributed by atoms with van der Waals surface area (Å²) in [5.74, 6) is -0.330. The molecule has 1 fully saturated rings. The van der Waals surface area contributed by atoms with Gasteiger partial charge in [0, 0.05) is 23.3 Å². The largest absolute Gasteiger partial charge is 0.459 e. The van der Waals surface area contributed by atoms with Crippen LogP contribution in [-0.2, 0) is 14.3 Å². The molecule has 0 aliphatic heterocycles. The van der Waals surface area contributed by atoms with Gasteiger partial charge in [-0.05, 0) is 51.3 Å². The molecule has 4 atom stereocenters. The Morgan fingerprint density at radius 1 is 1.38 bits per heavy atom. The molecule has 0 amide bonds. The fourth-order valence-electron chi connectivity index (χ4n) is 3.73. The summed E-state index contributed by atoms with van der Waals surface area (Å²) in [5, 5.41) is 10.6. The molecule has 2 aliphatic carbocycles. The summed E-state index contributed by atoms with van der Waals surface area (Å²) in [6.07, 6.45) is 3.12. The summed E-state index contributed by atoms with van der Waals surface area (Å²) in [5.41, 5.74) is 2.76. The highest BCUT2D eigenvalue weighted by Crippen LogP contribution is 2.52. The molecular formula is C20H28O4. The highest BCUT2D eigenvalue weighted by molar-refractivity contribution is 6.06. The third-order valence-electron chi connectivity index (χ3n) is 5.78. The third-order valence-corrected chi connectivity index (χ3v) is 5.78. The minimum Gasteiger partial charge on any atom is -0.459 e. The molecule has 1 N–H and O–H groups in total. The number of carbonyl (C=O) groups excluding carboxylic acids is 2. The van der Waals surface area contributed by atoms with Crippen molar-refractivity contribution in [3.8, 4) is 0 Å². The number of fused-ring (bicyclic) bond motifs is 1. The SMILES string of the molecule is C/C=C(/C)C(=O)O[C@@H]1C[C@@H](O)C2=CC(=O)C(=C(C)C)C[C@]2(C)[C@H]1C. The van der Waals surface area contributed by atoms with Gasteiger partial charge in [-0.3, -0.25) is 4.79 Å². The van der Waals surface area contributed by atoms with Gasteiger partial charge in [-0.15, -0.1) is 0 Å². The van der Waals surface area contributed by atoms with E-state index in [1.165, 1.54) is 0 Å². The van der Waals surface area contributed by atoms with Crippen molar-refractivity contribution in [1.82, 2.24) is 0 Å². The van der Waals surface area contributed by atoms with Crippen molar-refractivity contribution in [1.29, 1.82) is 0 Å². The number of rotatable bonds is 2. The number of allylic oxidation sites excluding steroid dienone is 4. The van der Waals surface area contributed by atoms with Crippen molar-refractivity contribution in [3.05, 3.63) is 34.4 Å². The highest BCUT2D eigenvalue weighted by Gasteiger charge is 2.50. The van der Waals surface area contributed by atoms with Crippen LogP contribution >= 0.6 is 0 Å². The van der Waals surface area contributed by atoms with E-state index in [-0.39, 0.29) is 29.2 Å². The van der Waals surface area contributed by atoms with Gasteiger partial charge in [0.2, 0.25) is 0 Å². The van der Waals surface area contributed by atoms with E-state index in [2.05, 4.69) is 6.92 Å². The minimum atomic E-state index is -0.752. The number of ether oxygens (including phenoxy) is 1. The minimum absolute atomic E-state index is 0.00562. The summed E-state index contributed by atoms with van der Waals surface area (Å²) < 4.78 is 5.67. The first-order valence-electron chi connectivity index (χ1n) is 8.56. The maximum Gasteiger partial charge on any atom is 0.333 e. The lowest BCUT2D eigenvalue weighted by Gasteiger charge is -2.50. The molecule has 0 bridgehead atoms. The molecule has 24 heavy (non-hydrogen) atoms. The van der Waals surface area contributed by atoms with E-state index in [0.29, 0.717) is 18.4 Å². The summed E-state index contributed by atoms with van der Waals surface area (Å²) in [4.78, 5) is 24.5. The van der Waals surface area contributed by atoms with Crippen molar-refractivity contribution in [2.24, 2.45) is 11.3 Å². The lowest BCUT2D eigenvalue weighted by Crippen LogP contribution is -2.50. The standard InChI is InChI=1S/C20H28O4/c1-7-12(4)19(23)24-18-9-17(22)15-8-16(21)14(11(2)3)10-20(15,6)13(18)5/h7-8,13,17-18,22H,9-10H2,1-6H3/b12-7-/t13-,17+,18+,20+/m0/s1. The quantitative estimate of drug-likeness (QED) is 0.621. The Kier molecular flexibility index (Phi) is 5.19. The zero-order valence-electron chi connectivity index (χ0n) is 15.5. The topological polar surface area (TPSA) is 63.6 Å². The van der Waals surface area contributed by atoms with Gasteiger partial charge in [0.25, 0.3) is 0 Å². The molecule has 0 spiro atoms. The predicted molar refractivity (Wildman–Crippen MR) is 93.3 cm³/mol. The maximum absolute atomic E-state index is 12.3. The number of esters is 1. The van der Waals surface area contributed by atoms with Gasteiger partial charge in [0.15, 0.2) is 5.78 Å². The van der Waals surface area contributed by atoms with Crippen LogP contribution in [0.25, 0.3) is 0 Å². The summed E-state index contributed by atoms with van der Waals surface area (Å²) in [6.45, 7) is 11.5. The van der Waals surface area contributed by atoms with Gasteiger partial charge in [-0.2, -0.15) is 0 Å². The van der Waals surface area contributed by atoms with E-state index in [1.807, 2.05) is 20.8 Å². The van der Waals surface area contributed by atoms with Crippen molar-refractivity contribution < 1.29 is 19.4 Å². The second-order valence-corrected chi connectivity index (χ2v) is 7.49. The van der Waals surface area contributed by atoms with E-state index in [4.69, 9.17) is 4.74 Å². The molecule has 4 nitrogen and oxygen atoms in total. The van der Waals surface area contributed by atoms with Crippen LogP contribution in [0, 0.1) is 11.3 Å². The summed E-state index contributed by atoms with van der Waals surface area (Å²) in [6, 6.07) is 0. The number of aliphatic hydroxyl groups excluding tert-OH is 1. The average molecular weight is 332 g/mol. The van der Waals surface area contributed by atoms with Crippen molar-refractivity contribution >= 4 is 11.8 Å². The van der Waals surface area contributed by atoms with Gasteiger partial charge >= 0.3 is 5.97 Å². The highest BCUT2D eigenvalue weighted by atomic mass is 16.5. The Morgan fingerprint density at radius 2 is 2.00 bits per heavy atom. The van der Waals surface area contributed by atoms with Crippen LogP contribution < -0.4 is 0 Å². The smallest absolute Gasteiger partial charge is 0.333 e. The van der Waals surface area contributed by atoms with E-state index < -0.39 is 6.10 Å². The van der Waals surface area contributed by atoms with Gasteiger partial charge in [0.1, 0.15) is 6.10 Å². The van der Waals surface area contributed by atoms with E-state index >= 15 is 0 Å². The Morgan fingerprint density at radius 3 is 2.54 bits per heavy atom. The molecule has 4 heteroatoms. The molecule has 1 saturated carbocycles. The van der Waals surface area contributed by atoms with Gasteiger partial charge in [0.05, 0.1) is 6.10 Å². The van der Waals surface area contributed by atoms with Crippen LogP contribution in [0.1, 0.15) is 54.4 Å². The van der Waals surface area contributed by atoms with Crippen molar-refractivity contribution in [2.45, 2.75) is 66.6 Å². The number of hydrogen-bond donors (Lipinski definition) is 1. The molecule has 2 rings (SSSR count). The molecule has 0 heterocycles. The fraction of sp³-hybridized carbons (Fsp3) is 0.600. The fourth-order valence-corrected chi connectivity index (χ4v) is 3.73. The number of carbonyl (C=O) groups is 2. The zero-order chi connectivity index (χ0) is 18.2. The maximum atomic E-state index is 12.3. The summed E-state index contributed by atoms with van der Waals surface area (Å²) in [7, 11) is 0. The number of ketones is 1. The molecule has 132 valence electrons. The Bertz CT molecular complexity index is 649. The van der Waals surface area contributed by atoms with E-state index in [0.717, 1.165) is 16.7 Å². The van der Waals surface area contributed by atoms with Crippen LogP contribution in [0.15, 0.2) is 34.4 Å². The summed E-state index contributed by atoms with van der Waals surface area (Å²) >= 11 is 0. The third kappa shape index (κ3) is 3.12. The van der Waals surface area contributed by atoms with Crippen molar-refractivity contribution in [2.75, 3.05) is 0 Å². The first-order valence-corrected chi connectivity index (χ1v) is 8.56. The monoisotopic (exact) mass is 332 g/mol. The molecule has 0 aromatic rings.